The molecule has 0 atom stereocenters. The van der Waals surface area contributed by atoms with Crippen molar-refractivity contribution in [3.05, 3.63) is 87.5 Å². The van der Waals surface area contributed by atoms with Crippen molar-refractivity contribution < 1.29 is 4.79 Å². The van der Waals surface area contributed by atoms with E-state index in [4.69, 9.17) is 23.2 Å². The van der Waals surface area contributed by atoms with E-state index < -0.39 is 0 Å². The molecule has 28 heavy (non-hydrogen) atoms. The van der Waals surface area contributed by atoms with Crippen LogP contribution in [0.1, 0.15) is 20.8 Å². The van der Waals surface area contributed by atoms with Crippen molar-refractivity contribution in [2.45, 2.75) is 6.42 Å². The minimum Gasteiger partial charge on any atom is -0.298 e. The predicted molar refractivity (Wildman–Crippen MR) is 111 cm³/mol. The molecule has 0 aliphatic carbocycles. The number of carbonyl (C=O) groups excluding carboxylic acids is 1. The second-order valence-corrected chi connectivity index (χ2v) is 7.83. The van der Waals surface area contributed by atoms with Crippen LogP contribution in [0.3, 0.4) is 0 Å². The first-order valence-corrected chi connectivity index (χ1v) is 9.80. The van der Waals surface area contributed by atoms with E-state index in [0.717, 1.165) is 10.4 Å². The molecule has 4 aromatic rings. The standard InChI is InChI=1S/C19H13Cl2N5OS/c20-14-3-1-12(16(21)8-14)7-15-10-24-19(28-15)25-18(27)13-2-4-17(23-9-13)26-6-5-22-11-26/h1-6,8-11H,7H2,(H,24,25,27). The highest BCUT2D eigenvalue weighted by Crippen LogP contribution is 2.27. The van der Waals surface area contributed by atoms with Crippen LogP contribution < -0.4 is 5.32 Å². The van der Waals surface area contributed by atoms with Crippen LogP contribution in [0.25, 0.3) is 5.82 Å². The average molecular weight is 430 g/mol. The molecule has 0 spiro atoms. The van der Waals surface area contributed by atoms with E-state index >= 15 is 0 Å². The third-order valence-corrected chi connectivity index (χ3v) is 5.43. The van der Waals surface area contributed by atoms with Gasteiger partial charge in [0.05, 0.1) is 5.56 Å². The van der Waals surface area contributed by atoms with Gasteiger partial charge in [0.1, 0.15) is 12.1 Å². The van der Waals surface area contributed by atoms with Crippen molar-refractivity contribution in [1.82, 2.24) is 19.5 Å². The zero-order valence-corrected chi connectivity index (χ0v) is 16.7. The maximum atomic E-state index is 12.4. The Hall–Kier alpha value is -2.74. The Morgan fingerprint density at radius 1 is 1.14 bits per heavy atom. The number of anilines is 1. The van der Waals surface area contributed by atoms with E-state index in [1.807, 2.05) is 6.07 Å². The first kappa shape index (κ1) is 18.6. The van der Waals surface area contributed by atoms with E-state index in [9.17, 15) is 4.79 Å². The quantitative estimate of drug-likeness (QED) is 0.490. The van der Waals surface area contributed by atoms with Crippen LogP contribution in [0.4, 0.5) is 5.13 Å². The molecule has 3 aromatic heterocycles. The monoisotopic (exact) mass is 429 g/mol. The number of imidazole rings is 1. The number of benzene rings is 1. The lowest BCUT2D eigenvalue weighted by atomic mass is 10.1. The highest BCUT2D eigenvalue weighted by molar-refractivity contribution is 7.15. The summed E-state index contributed by atoms with van der Waals surface area (Å²) in [5.41, 5.74) is 1.40. The number of amides is 1. The largest absolute Gasteiger partial charge is 0.298 e. The van der Waals surface area contributed by atoms with E-state index in [1.165, 1.54) is 17.5 Å². The lowest BCUT2D eigenvalue weighted by molar-refractivity contribution is 0.102. The first-order valence-electron chi connectivity index (χ1n) is 8.23. The molecule has 0 fully saturated rings. The van der Waals surface area contributed by atoms with E-state index in [2.05, 4.69) is 20.3 Å². The topological polar surface area (TPSA) is 72.7 Å². The summed E-state index contributed by atoms with van der Waals surface area (Å²) in [6.45, 7) is 0. The average Bonchev–Trinajstić information content (AvgIpc) is 3.36. The maximum absolute atomic E-state index is 12.4. The van der Waals surface area contributed by atoms with Gasteiger partial charge in [0.25, 0.3) is 5.91 Å². The molecule has 0 saturated heterocycles. The number of nitrogens with one attached hydrogen (secondary N) is 1. The summed E-state index contributed by atoms with van der Waals surface area (Å²) in [6.07, 6.45) is 8.96. The van der Waals surface area contributed by atoms with Gasteiger partial charge in [0.2, 0.25) is 0 Å². The van der Waals surface area contributed by atoms with Gasteiger partial charge in [0, 0.05) is 46.1 Å². The molecule has 4 rings (SSSR count). The summed E-state index contributed by atoms with van der Waals surface area (Å²) in [5, 5.41) is 4.52. The van der Waals surface area contributed by atoms with Gasteiger partial charge < -0.3 is 0 Å². The van der Waals surface area contributed by atoms with Crippen LogP contribution in [0, 0.1) is 0 Å². The molecule has 0 aliphatic rings. The fraction of sp³-hybridized carbons (Fsp3) is 0.0526. The van der Waals surface area contributed by atoms with Gasteiger partial charge in [-0.1, -0.05) is 29.3 Å². The molecule has 6 nitrogen and oxygen atoms in total. The van der Waals surface area contributed by atoms with Crippen LogP contribution in [0.2, 0.25) is 10.0 Å². The van der Waals surface area contributed by atoms with Crippen LogP contribution in [-0.4, -0.2) is 25.4 Å². The summed E-state index contributed by atoms with van der Waals surface area (Å²) in [6, 6.07) is 8.86. The third kappa shape index (κ3) is 4.22. The van der Waals surface area contributed by atoms with Crippen molar-refractivity contribution in [3.63, 3.8) is 0 Å². The third-order valence-electron chi connectivity index (χ3n) is 3.93. The highest BCUT2D eigenvalue weighted by Gasteiger charge is 2.11. The van der Waals surface area contributed by atoms with Crippen molar-refractivity contribution in [3.8, 4) is 5.82 Å². The van der Waals surface area contributed by atoms with Crippen LogP contribution in [-0.2, 0) is 6.42 Å². The zero-order chi connectivity index (χ0) is 19.5. The SMILES string of the molecule is O=C(Nc1ncc(Cc2ccc(Cl)cc2Cl)s1)c1ccc(-n2ccnc2)nc1. The number of rotatable bonds is 5. The van der Waals surface area contributed by atoms with Crippen molar-refractivity contribution in [2.24, 2.45) is 0 Å². The molecular formula is C19H13Cl2N5OS. The Morgan fingerprint density at radius 2 is 2.04 bits per heavy atom. The first-order chi connectivity index (χ1) is 13.6. The molecule has 0 saturated carbocycles. The molecular weight excluding hydrogens is 417 g/mol. The van der Waals surface area contributed by atoms with Crippen molar-refractivity contribution in [2.75, 3.05) is 5.32 Å². The summed E-state index contributed by atoms with van der Waals surface area (Å²) in [4.78, 5) is 25.9. The number of nitrogens with zero attached hydrogens (tertiary/aromatic N) is 4. The molecule has 1 aromatic carbocycles. The fourth-order valence-corrected chi connectivity index (χ4v) is 3.84. The molecule has 0 bridgehead atoms. The van der Waals surface area contributed by atoms with Gasteiger partial charge >= 0.3 is 0 Å². The lowest BCUT2D eigenvalue weighted by Gasteiger charge is -2.04. The Bertz CT molecular complexity index is 1110. The highest BCUT2D eigenvalue weighted by atomic mass is 35.5. The number of carbonyl (C=O) groups is 1. The Morgan fingerprint density at radius 3 is 2.75 bits per heavy atom. The summed E-state index contributed by atoms with van der Waals surface area (Å²) in [5.74, 6) is 0.417. The number of thiazole rings is 1. The maximum Gasteiger partial charge on any atom is 0.259 e. The molecule has 1 amide bonds. The number of hydrogen-bond acceptors (Lipinski definition) is 5. The van der Waals surface area contributed by atoms with Crippen molar-refractivity contribution in [1.29, 1.82) is 0 Å². The molecule has 3 heterocycles. The van der Waals surface area contributed by atoms with Gasteiger partial charge in [-0.25, -0.2) is 15.0 Å². The van der Waals surface area contributed by atoms with Crippen LogP contribution in [0.5, 0.6) is 0 Å². The van der Waals surface area contributed by atoms with Gasteiger partial charge in [-0.15, -0.1) is 11.3 Å². The molecule has 9 heteroatoms. The van der Waals surface area contributed by atoms with Gasteiger partial charge in [0.15, 0.2) is 5.13 Å². The number of pyridine rings is 1. The van der Waals surface area contributed by atoms with Crippen LogP contribution in [0.15, 0.2) is 61.4 Å². The predicted octanol–water partition coefficient (Wildman–Crippen LogP) is 4.87. The normalized spacial score (nSPS) is 10.8. The van der Waals surface area contributed by atoms with E-state index in [-0.39, 0.29) is 5.91 Å². The minimum atomic E-state index is -0.268. The van der Waals surface area contributed by atoms with Gasteiger partial charge in [-0.3, -0.25) is 14.7 Å². The van der Waals surface area contributed by atoms with E-state index in [1.54, 1.807) is 53.8 Å². The Kier molecular flexibility index (Phi) is 5.38. The van der Waals surface area contributed by atoms with Crippen LogP contribution >= 0.6 is 34.5 Å². The number of aromatic nitrogens is 4. The molecule has 140 valence electrons. The second kappa shape index (κ2) is 8.10. The fourth-order valence-electron chi connectivity index (χ4n) is 2.54. The van der Waals surface area contributed by atoms with Gasteiger partial charge in [-0.05, 0) is 29.8 Å². The Balaban J connectivity index is 1.42. The smallest absolute Gasteiger partial charge is 0.259 e. The van der Waals surface area contributed by atoms with E-state index in [0.29, 0.717) is 33.0 Å². The minimum absolute atomic E-state index is 0.268. The Labute approximate surface area is 174 Å². The molecule has 0 radical (unpaired) electrons. The number of hydrogen-bond donors (Lipinski definition) is 1. The molecule has 0 aliphatic heterocycles. The van der Waals surface area contributed by atoms with Crippen molar-refractivity contribution >= 4 is 45.6 Å². The second-order valence-electron chi connectivity index (χ2n) is 5.87. The zero-order valence-electron chi connectivity index (χ0n) is 14.3. The summed E-state index contributed by atoms with van der Waals surface area (Å²) < 4.78 is 1.76. The molecule has 1 N–H and O–H groups in total. The summed E-state index contributed by atoms with van der Waals surface area (Å²) in [7, 11) is 0. The summed E-state index contributed by atoms with van der Waals surface area (Å²) >= 11 is 13.5. The van der Waals surface area contributed by atoms with Gasteiger partial charge in [-0.2, -0.15) is 0 Å². The number of halogens is 2. The lowest BCUT2D eigenvalue weighted by Crippen LogP contribution is -2.12. The molecule has 0 unspecified atom stereocenters.